The third-order valence-corrected chi connectivity index (χ3v) is 3.80. The van der Waals surface area contributed by atoms with Crippen molar-refractivity contribution >= 4 is 17.6 Å². The number of alkyl halides is 2. The predicted octanol–water partition coefficient (Wildman–Crippen LogP) is 1.59. The minimum atomic E-state index is -3.22. The number of amides is 1. The number of halogens is 2. The summed E-state index contributed by atoms with van der Waals surface area (Å²) in [5.74, 6) is -3.24. The van der Waals surface area contributed by atoms with Gasteiger partial charge in [0, 0.05) is 25.6 Å². The van der Waals surface area contributed by atoms with Crippen molar-refractivity contribution in [2.75, 3.05) is 18.0 Å². The van der Waals surface area contributed by atoms with Crippen molar-refractivity contribution in [1.29, 1.82) is 0 Å². The summed E-state index contributed by atoms with van der Waals surface area (Å²) in [6.45, 7) is 0.688. The van der Waals surface area contributed by atoms with Gasteiger partial charge in [-0.3, -0.25) is 10.1 Å². The average molecular weight is 333 g/mol. The first kappa shape index (κ1) is 16.9. The van der Waals surface area contributed by atoms with Crippen LogP contribution in [0.3, 0.4) is 0 Å². The molecule has 1 aromatic heterocycles. The molecule has 0 aromatic carbocycles. The standard InChI is InChI=1S/C12H17F2N5O4/c1-11(16-10(20)21)3-4-18(7-12(13,14)6-11)9-8(19(22)23)5-15-17(9)2/h5,16H,3-4,6-7H2,1-2H3,(H,20,21). The van der Waals surface area contributed by atoms with Crippen LogP contribution >= 0.6 is 0 Å². The van der Waals surface area contributed by atoms with Crippen LogP contribution in [0.1, 0.15) is 19.8 Å². The van der Waals surface area contributed by atoms with Crippen LogP contribution in [0, 0.1) is 10.1 Å². The van der Waals surface area contributed by atoms with Gasteiger partial charge in [-0.25, -0.2) is 18.3 Å². The fraction of sp³-hybridized carbons (Fsp3) is 0.667. The smallest absolute Gasteiger partial charge is 0.405 e. The molecule has 1 unspecified atom stereocenters. The number of aromatic nitrogens is 2. The molecule has 1 aromatic rings. The van der Waals surface area contributed by atoms with Gasteiger partial charge >= 0.3 is 11.8 Å². The SMILES string of the molecule is Cn1ncc([N+](=O)[O-])c1N1CCC(C)(NC(=O)O)CC(F)(F)C1. The third kappa shape index (κ3) is 3.66. The third-order valence-electron chi connectivity index (χ3n) is 3.80. The van der Waals surface area contributed by atoms with E-state index in [9.17, 15) is 23.7 Å². The summed E-state index contributed by atoms with van der Waals surface area (Å²) in [4.78, 5) is 22.4. The maximum absolute atomic E-state index is 14.2. The molecule has 23 heavy (non-hydrogen) atoms. The fourth-order valence-corrected chi connectivity index (χ4v) is 2.92. The summed E-state index contributed by atoms with van der Waals surface area (Å²) in [7, 11) is 1.43. The van der Waals surface area contributed by atoms with E-state index in [4.69, 9.17) is 5.11 Å². The molecule has 0 aliphatic carbocycles. The van der Waals surface area contributed by atoms with Crippen LogP contribution in [-0.2, 0) is 7.05 Å². The summed E-state index contributed by atoms with van der Waals surface area (Å²) < 4.78 is 29.7. The Morgan fingerprint density at radius 1 is 1.57 bits per heavy atom. The number of nitrogens with zero attached hydrogens (tertiary/aromatic N) is 4. The van der Waals surface area contributed by atoms with Crippen molar-refractivity contribution in [3.05, 3.63) is 16.3 Å². The molecule has 1 amide bonds. The van der Waals surface area contributed by atoms with E-state index in [2.05, 4.69) is 10.4 Å². The molecule has 1 fully saturated rings. The van der Waals surface area contributed by atoms with Crippen LogP contribution < -0.4 is 10.2 Å². The minimum Gasteiger partial charge on any atom is -0.465 e. The Hall–Kier alpha value is -2.46. The van der Waals surface area contributed by atoms with E-state index in [1.54, 1.807) is 0 Å². The van der Waals surface area contributed by atoms with Gasteiger partial charge in [-0.2, -0.15) is 5.10 Å². The van der Waals surface area contributed by atoms with Crippen LogP contribution in [-0.4, -0.2) is 50.5 Å². The molecule has 1 atom stereocenters. The molecule has 11 heteroatoms. The van der Waals surface area contributed by atoms with Crippen molar-refractivity contribution in [1.82, 2.24) is 15.1 Å². The Morgan fingerprint density at radius 3 is 2.78 bits per heavy atom. The second kappa shape index (κ2) is 5.63. The van der Waals surface area contributed by atoms with Gasteiger partial charge in [0.2, 0.25) is 5.82 Å². The molecule has 128 valence electrons. The predicted molar refractivity (Wildman–Crippen MR) is 75.8 cm³/mol. The van der Waals surface area contributed by atoms with Crippen LogP contribution in [0.25, 0.3) is 0 Å². The molecule has 1 saturated heterocycles. The number of nitrogens with one attached hydrogen (secondary N) is 1. The zero-order valence-corrected chi connectivity index (χ0v) is 12.6. The lowest BCUT2D eigenvalue weighted by Gasteiger charge is -2.29. The van der Waals surface area contributed by atoms with E-state index in [0.29, 0.717) is 0 Å². The molecule has 1 aliphatic heterocycles. The van der Waals surface area contributed by atoms with Gasteiger partial charge in [-0.05, 0) is 13.3 Å². The number of aryl methyl sites for hydroxylation is 1. The number of rotatable bonds is 3. The van der Waals surface area contributed by atoms with Gasteiger partial charge in [-0.1, -0.05) is 0 Å². The van der Waals surface area contributed by atoms with Crippen molar-refractivity contribution in [3.63, 3.8) is 0 Å². The summed E-state index contributed by atoms with van der Waals surface area (Å²) in [6, 6.07) is 0. The van der Waals surface area contributed by atoms with Gasteiger partial charge in [0.1, 0.15) is 6.20 Å². The van der Waals surface area contributed by atoms with Crippen molar-refractivity contribution in [2.45, 2.75) is 31.2 Å². The van der Waals surface area contributed by atoms with Crippen molar-refractivity contribution in [3.8, 4) is 0 Å². The molecular weight excluding hydrogens is 316 g/mol. The molecule has 9 nitrogen and oxygen atoms in total. The number of carboxylic acid groups (broad SMARTS) is 1. The largest absolute Gasteiger partial charge is 0.465 e. The first-order chi connectivity index (χ1) is 10.5. The van der Waals surface area contributed by atoms with Gasteiger partial charge in [-0.15, -0.1) is 0 Å². The summed E-state index contributed by atoms with van der Waals surface area (Å²) in [5, 5.41) is 25.8. The topological polar surface area (TPSA) is 114 Å². The van der Waals surface area contributed by atoms with E-state index >= 15 is 0 Å². The minimum absolute atomic E-state index is 0.0192. The van der Waals surface area contributed by atoms with Crippen molar-refractivity contribution in [2.24, 2.45) is 7.05 Å². The highest BCUT2D eigenvalue weighted by molar-refractivity contribution is 5.65. The second-order valence-electron chi connectivity index (χ2n) is 5.93. The van der Waals surface area contributed by atoms with E-state index in [1.807, 2.05) is 0 Å². The first-order valence-electron chi connectivity index (χ1n) is 6.83. The van der Waals surface area contributed by atoms with E-state index in [0.717, 1.165) is 6.20 Å². The van der Waals surface area contributed by atoms with Crippen LogP contribution in [0.15, 0.2) is 6.20 Å². The van der Waals surface area contributed by atoms with E-state index < -0.39 is 35.4 Å². The summed E-state index contributed by atoms with van der Waals surface area (Å²) >= 11 is 0. The Morgan fingerprint density at radius 2 is 2.22 bits per heavy atom. The number of anilines is 1. The number of carbonyl (C=O) groups is 1. The maximum Gasteiger partial charge on any atom is 0.405 e. The molecule has 2 heterocycles. The molecular formula is C12H17F2N5O4. The van der Waals surface area contributed by atoms with Crippen LogP contribution in [0.2, 0.25) is 0 Å². The van der Waals surface area contributed by atoms with Gasteiger partial charge in [0.15, 0.2) is 0 Å². The highest BCUT2D eigenvalue weighted by Gasteiger charge is 2.46. The van der Waals surface area contributed by atoms with Crippen LogP contribution in [0.4, 0.5) is 25.1 Å². The van der Waals surface area contributed by atoms with E-state index in [1.165, 1.54) is 23.6 Å². The summed E-state index contributed by atoms with van der Waals surface area (Å²) in [6.07, 6.45) is -0.984. The van der Waals surface area contributed by atoms with Crippen molar-refractivity contribution < 1.29 is 23.6 Å². The lowest BCUT2D eigenvalue weighted by atomic mass is 9.91. The molecule has 1 aliphatic rings. The molecule has 0 saturated carbocycles. The highest BCUT2D eigenvalue weighted by atomic mass is 19.3. The van der Waals surface area contributed by atoms with Gasteiger partial charge in [0.05, 0.1) is 11.5 Å². The van der Waals surface area contributed by atoms with E-state index in [-0.39, 0.29) is 24.5 Å². The summed E-state index contributed by atoms with van der Waals surface area (Å²) in [5.41, 5.74) is -1.68. The normalized spacial score (nSPS) is 24.1. The molecule has 0 radical (unpaired) electrons. The first-order valence-corrected chi connectivity index (χ1v) is 6.83. The second-order valence-corrected chi connectivity index (χ2v) is 5.93. The average Bonchev–Trinajstić information content (AvgIpc) is 2.69. The molecule has 2 rings (SSSR count). The Bertz CT molecular complexity index is 635. The highest BCUT2D eigenvalue weighted by Crippen LogP contribution is 2.37. The lowest BCUT2D eigenvalue weighted by Crippen LogP contribution is -2.48. The molecule has 2 N–H and O–H groups in total. The Balaban J connectivity index is 2.35. The fourth-order valence-electron chi connectivity index (χ4n) is 2.92. The maximum atomic E-state index is 14.2. The zero-order chi connectivity index (χ0) is 17.4. The van der Waals surface area contributed by atoms with Gasteiger partial charge < -0.3 is 15.3 Å². The quantitative estimate of drug-likeness (QED) is 0.641. The lowest BCUT2D eigenvalue weighted by molar-refractivity contribution is -0.384. The zero-order valence-electron chi connectivity index (χ0n) is 12.6. The monoisotopic (exact) mass is 333 g/mol. The molecule has 0 spiro atoms. The van der Waals surface area contributed by atoms with Gasteiger partial charge in [0.25, 0.3) is 5.92 Å². The number of nitro groups is 1. The number of hydrogen-bond acceptors (Lipinski definition) is 5. The molecule has 0 bridgehead atoms. The Labute approximate surface area is 130 Å². The Kier molecular flexibility index (Phi) is 4.14. The van der Waals surface area contributed by atoms with Crippen LogP contribution in [0.5, 0.6) is 0 Å². The number of hydrogen-bond donors (Lipinski definition) is 2.